The predicted molar refractivity (Wildman–Crippen MR) is 55.9 cm³/mol. The zero-order valence-corrected chi connectivity index (χ0v) is 8.72. The van der Waals surface area contributed by atoms with Crippen LogP contribution in [-0.4, -0.2) is 27.0 Å². The Morgan fingerprint density at radius 2 is 2.21 bits per heavy atom. The van der Waals surface area contributed by atoms with Crippen LogP contribution in [0.4, 0.5) is 10.3 Å². The van der Waals surface area contributed by atoms with Gasteiger partial charge in [0.05, 0.1) is 12.4 Å². The molecule has 1 saturated heterocycles. The highest BCUT2D eigenvalue weighted by atomic mass is 32.2. The van der Waals surface area contributed by atoms with E-state index < -0.39 is 5.82 Å². The minimum atomic E-state index is -0.398. The van der Waals surface area contributed by atoms with Gasteiger partial charge in [0.2, 0.25) is 5.95 Å². The Hall–Kier alpha value is -0.840. The van der Waals surface area contributed by atoms with Crippen LogP contribution in [0.2, 0.25) is 0 Å². The molecule has 0 spiro atoms. The number of nitrogens with one attached hydrogen (secondary N) is 1. The third kappa shape index (κ3) is 2.35. The van der Waals surface area contributed by atoms with Crippen LogP contribution >= 0.6 is 11.8 Å². The molecule has 0 unspecified atom stereocenters. The monoisotopic (exact) mass is 213 g/mol. The summed E-state index contributed by atoms with van der Waals surface area (Å²) in [6, 6.07) is 0.417. The second-order valence-electron chi connectivity index (χ2n) is 3.45. The van der Waals surface area contributed by atoms with Crippen LogP contribution in [0.15, 0.2) is 12.4 Å². The molecule has 2 rings (SSSR count). The first-order chi connectivity index (χ1) is 6.74. The predicted octanol–water partition coefficient (Wildman–Crippen LogP) is 1.92. The van der Waals surface area contributed by atoms with E-state index in [9.17, 15) is 4.39 Å². The number of rotatable bonds is 2. The molecule has 0 bridgehead atoms. The molecular weight excluding hydrogens is 201 g/mol. The Balaban J connectivity index is 1.94. The van der Waals surface area contributed by atoms with Crippen LogP contribution in [0.3, 0.4) is 0 Å². The van der Waals surface area contributed by atoms with Gasteiger partial charge in [-0.25, -0.2) is 14.4 Å². The summed E-state index contributed by atoms with van der Waals surface area (Å²) >= 11 is 1.94. The Labute approximate surface area is 86.5 Å². The molecule has 14 heavy (non-hydrogen) atoms. The smallest absolute Gasteiger partial charge is 0.223 e. The van der Waals surface area contributed by atoms with Crippen molar-refractivity contribution >= 4 is 17.7 Å². The number of nitrogens with zero attached hydrogens (tertiary/aromatic N) is 2. The summed E-state index contributed by atoms with van der Waals surface area (Å²) in [5, 5.41) is 3.88. The van der Waals surface area contributed by atoms with E-state index in [1.807, 2.05) is 11.8 Å². The molecule has 1 aliphatic heterocycles. The summed E-state index contributed by atoms with van der Waals surface area (Å²) in [6.45, 7) is 2.21. The van der Waals surface area contributed by atoms with E-state index >= 15 is 0 Å². The normalized spacial score (nSPS) is 26.4. The Kier molecular flexibility index (Phi) is 2.86. The second-order valence-corrected chi connectivity index (χ2v) is 4.92. The van der Waals surface area contributed by atoms with Crippen molar-refractivity contribution < 1.29 is 4.39 Å². The topological polar surface area (TPSA) is 37.8 Å². The lowest BCUT2D eigenvalue weighted by atomic mass is 10.2. The largest absolute Gasteiger partial charge is 0.351 e. The lowest BCUT2D eigenvalue weighted by molar-refractivity contribution is 0.613. The van der Waals surface area contributed by atoms with Gasteiger partial charge in [0, 0.05) is 17.0 Å². The van der Waals surface area contributed by atoms with E-state index in [0.29, 0.717) is 17.2 Å². The van der Waals surface area contributed by atoms with E-state index in [1.54, 1.807) is 0 Å². The molecule has 5 heteroatoms. The molecule has 2 heterocycles. The highest BCUT2D eigenvalue weighted by molar-refractivity contribution is 8.00. The van der Waals surface area contributed by atoms with Crippen molar-refractivity contribution in [1.29, 1.82) is 0 Å². The van der Waals surface area contributed by atoms with Crippen LogP contribution < -0.4 is 5.32 Å². The lowest BCUT2D eigenvalue weighted by Gasteiger charge is -2.10. The first-order valence-corrected chi connectivity index (χ1v) is 5.64. The van der Waals surface area contributed by atoms with Gasteiger partial charge in [0.1, 0.15) is 0 Å². The van der Waals surface area contributed by atoms with Gasteiger partial charge in [-0.05, 0) is 6.42 Å². The van der Waals surface area contributed by atoms with Crippen molar-refractivity contribution in [2.75, 3.05) is 11.1 Å². The standard InChI is InChI=1S/C9H12FN3S/c1-6-2-8(5-14-6)13-9-11-3-7(10)4-12-9/h3-4,6,8H,2,5H2,1H3,(H,11,12,13)/t6-,8-/m0/s1. The van der Waals surface area contributed by atoms with Crippen molar-refractivity contribution in [2.45, 2.75) is 24.6 Å². The van der Waals surface area contributed by atoms with E-state index in [0.717, 1.165) is 12.2 Å². The van der Waals surface area contributed by atoms with Crippen molar-refractivity contribution in [2.24, 2.45) is 0 Å². The van der Waals surface area contributed by atoms with E-state index in [-0.39, 0.29) is 0 Å². The first kappa shape index (κ1) is 9.71. The molecule has 3 nitrogen and oxygen atoms in total. The van der Waals surface area contributed by atoms with Crippen molar-refractivity contribution in [1.82, 2.24) is 9.97 Å². The molecular formula is C9H12FN3S. The maximum Gasteiger partial charge on any atom is 0.223 e. The molecule has 1 aliphatic rings. The minimum Gasteiger partial charge on any atom is -0.351 e. The molecule has 1 aromatic rings. The molecule has 0 amide bonds. The van der Waals surface area contributed by atoms with Crippen molar-refractivity contribution in [3.8, 4) is 0 Å². The maximum absolute atomic E-state index is 12.5. The fourth-order valence-corrected chi connectivity index (χ4v) is 2.64. The molecule has 0 saturated carbocycles. The van der Waals surface area contributed by atoms with E-state index in [2.05, 4.69) is 22.2 Å². The van der Waals surface area contributed by atoms with Crippen LogP contribution in [0.25, 0.3) is 0 Å². The van der Waals surface area contributed by atoms with Gasteiger partial charge in [-0.3, -0.25) is 0 Å². The molecule has 1 fully saturated rings. The Bertz CT molecular complexity index is 303. The lowest BCUT2D eigenvalue weighted by Crippen LogP contribution is -2.20. The average Bonchev–Trinajstić information content (AvgIpc) is 2.56. The zero-order valence-electron chi connectivity index (χ0n) is 7.90. The van der Waals surface area contributed by atoms with Crippen LogP contribution in [0.1, 0.15) is 13.3 Å². The minimum absolute atomic E-state index is 0.398. The number of aromatic nitrogens is 2. The zero-order chi connectivity index (χ0) is 9.97. The van der Waals surface area contributed by atoms with Crippen LogP contribution in [0, 0.1) is 5.82 Å². The second kappa shape index (κ2) is 4.13. The number of hydrogen-bond acceptors (Lipinski definition) is 4. The van der Waals surface area contributed by atoms with Gasteiger partial charge in [-0.1, -0.05) is 6.92 Å². The third-order valence-electron chi connectivity index (χ3n) is 2.15. The summed E-state index contributed by atoms with van der Waals surface area (Å²) in [7, 11) is 0. The van der Waals surface area contributed by atoms with Gasteiger partial charge < -0.3 is 5.32 Å². The number of halogens is 1. The van der Waals surface area contributed by atoms with Crippen LogP contribution in [-0.2, 0) is 0 Å². The summed E-state index contributed by atoms with van der Waals surface area (Å²) in [4.78, 5) is 7.72. The van der Waals surface area contributed by atoms with E-state index in [4.69, 9.17) is 0 Å². The first-order valence-electron chi connectivity index (χ1n) is 4.60. The van der Waals surface area contributed by atoms with Crippen LogP contribution in [0.5, 0.6) is 0 Å². The maximum atomic E-state index is 12.5. The van der Waals surface area contributed by atoms with Gasteiger partial charge >= 0.3 is 0 Å². The average molecular weight is 213 g/mol. The highest BCUT2D eigenvalue weighted by Gasteiger charge is 2.21. The van der Waals surface area contributed by atoms with Gasteiger partial charge in [-0.15, -0.1) is 0 Å². The molecule has 2 atom stereocenters. The number of anilines is 1. The molecule has 76 valence electrons. The van der Waals surface area contributed by atoms with Crippen molar-refractivity contribution in [3.63, 3.8) is 0 Å². The molecule has 0 aliphatic carbocycles. The van der Waals surface area contributed by atoms with Gasteiger partial charge in [-0.2, -0.15) is 11.8 Å². The molecule has 1 aromatic heterocycles. The fourth-order valence-electron chi connectivity index (χ4n) is 1.49. The Morgan fingerprint density at radius 3 is 2.79 bits per heavy atom. The molecule has 0 radical (unpaired) electrons. The third-order valence-corrected chi connectivity index (χ3v) is 3.51. The number of thioether (sulfide) groups is 1. The van der Waals surface area contributed by atoms with Gasteiger partial charge in [0.25, 0.3) is 0 Å². The summed E-state index contributed by atoms with van der Waals surface area (Å²) in [5.74, 6) is 1.19. The Morgan fingerprint density at radius 1 is 1.50 bits per heavy atom. The van der Waals surface area contributed by atoms with Crippen molar-refractivity contribution in [3.05, 3.63) is 18.2 Å². The van der Waals surface area contributed by atoms with Gasteiger partial charge in [0.15, 0.2) is 5.82 Å². The fraction of sp³-hybridized carbons (Fsp3) is 0.556. The SMILES string of the molecule is C[C@H]1C[C@H](Nc2ncc(F)cn2)CS1. The van der Waals surface area contributed by atoms with E-state index in [1.165, 1.54) is 12.4 Å². The molecule has 0 aromatic carbocycles. The number of hydrogen-bond donors (Lipinski definition) is 1. The highest BCUT2D eigenvalue weighted by Crippen LogP contribution is 2.27. The quantitative estimate of drug-likeness (QED) is 0.814. The molecule has 1 N–H and O–H groups in total. The summed E-state index contributed by atoms with van der Waals surface area (Å²) in [6.07, 6.45) is 3.48. The summed E-state index contributed by atoms with van der Waals surface area (Å²) in [5.41, 5.74) is 0. The summed E-state index contributed by atoms with van der Waals surface area (Å²) < 4.78 is 12.5.